The minimum absolute atomic E-state index is 0.0506. The van der Waals surface area contributed by atoms with Crippen LogP contribution in [0.2, 0.25) is 0 Å². The summed E-state index contributed by atoms with van der Waals surface area (Å²) in [5.74, 6) is 1.31. The van der Waals surface area contributed by atoms with Crippen LogP contribution in [0.3, 0.4) is 0 Å². The molecule has 94 valence electrons. The molecule has 0 bridgehead atoms. The number of ether oxygens (including phenoxy) is 2. The third kappa shape index (κ3) is 3.86. The third-order valence-corrected chi connectivity index (χ3v) is 2.22. The van der Waals surface area contributed by atoms with Gasteiger partial charge in [0.1, 0.15) is 11.5 Å². The Labute approximate surface area is 101 Å². The van der Waals surface area contributed by atoms with Gasteiger partial charge in [0.2, 0.25) is 5.91 Å². The van der Waals surface area contributed by atoms with Crippen molar-refractivity contribution < 1.29 is 14.3 Å². The van der Waals surface area contributed by atoms with Crippen molar-refractivity contribution in [1.29, 1.82) is 0 Å². The largest absolute Gasteiger partial charge is 0.497 e. The molecule has 0 spiro atoms. The Balaban J connectivity index is 2.67. The van der Waals surface area contributed by atoms with Gasteiger partial charge in [0.15, 0.2) is 0 Å². The number of methoxy groups -OCH3 is 2. The van der Waals surface area contributed by atoms with Crippen LogP contribution in [0.15, 0.2) is 18.2 Å². The molecule has 0 atom stereocenters. The molecule has 0 saturated carbocycles. The van der Waals surface area contributed by atoms with Gasteiger partial charge in [-0.2, -0.15) is 0 Å². The average Bonchev–Trinajstić information content (AvgIpc) is 2.36. The lowest BCUT2D eigenvalue weighted by Crippen LogP contribution is -2.29. The van der Waals surface area contributed by atoms with Crippen LogP contribution < -0.4 is 20.1 Å². The van der Waals surface area contributed by atoms with Crippen molar-refractivity contribution in [2.75, 3.05) is 32.6 Å². The molecule has 2 N–H and O–H groups in total. The van der Waals surface area contributed by atoms with E-state index in [1.807, 2.05) is 19.1 Å². The van der Waals surface area contributed by atoms with Gasteiger partial charge >= 0.3 is 0 Å². The summed E-state index contributed by atoms with van der Waals surface area (Å²) in [5.41, 5.74) is 0.763. The molecule has 1 rings (SSSR count). The summed E-state index contributed by atoms with van der Waals surface area (Å²) in [7, 11) is 3.17. The van der Waals surface area contributed by atoms with E-state index in [0.29, 0.717) is 18.0 Å². The zero-order chi connectivity index (χ0) is 12.7. The number of rotatable bonds is 6. The highest BCUT2D eigenvalue weighted by atomic mass is 16.5. The summed E-state index contributed by atoms with van der Waals surface area (Å²) >= 11 is 0. The molecule has 1 aromatic carbocycles. The number of carbonyl (C=O) groups excluding carboxylic acids is 1. The van der Waals surface area contributed by atoms with Gasteiger partial charge in [0, 0.05) is 12.6 Å². The Morgan fingerprint density at radius 2 is 2.06 bits per heavy atom. The van der Waals surface area contributed by atoms with E-state index in [9.17, 15) is 4.79 Å². The summed E-state index contributed by atoms with van der Waals surface area (Å²) in [4.78, 5) is 11.3. The lowest BCUT2D eigenvalue weighted by atomic mass is 10.2. The Morgan fingerprint density at radius 3 is 2.65 bits per heavy atom. The van der Waals surface area contributed by atoms with Gasteiger partial charge < -0.3 is 20.1 Å². The van der Waals surface area contributed by atoms with E-state index in [2.05, 4.69) is 10.6 Å². The molecule has 0 saturated heterocycles. The van der Waals surface area contributed by atoms with Crippen LogP contribution in [0.1, 0.15) is 6.92 Å². The highest BCUT2D eigenvalue weighted by molar-refractivity contribution is 5.81. The number of benzene rings is 1. The first-order valence-electron chi connectivity index (χ1n) is 5.43. The number of likely N-dealkylation sites (N-methyl/N-ethyl adjacent to an activating group) is 1. The topological polar surface area (TPSA) is 59.6 Å². The molecule has 1 aromatic rings. The highest BCUT2D eigenvalue weighted by Gasteiger charge is 2.06. The summed E-state index contributed by atoms with van der Waals surface area (Å²) in [6, 6.07) is 5.39. The van der Waals surface area contributed by atoms with E-state index >= 15 is 0 Å². The van der Waals surface area contributed by atoms with Gasteiger partial charge in [-0.15, -0.1) is 0 Å². The van der Waals surface area contributed by atoms with Crippen LogP contribution in [0.25, 0.3) is 0 Å². The second-order valence-electron chi connectivity index (χ2n) is 3.37. The van der Waals surface area contributed by atoms with Crippen LogP contribution in [-0.2, 0) is 4.79 Å². The average molecular weight is 238 g/mol. The Morgan fingerprint density at radius 1 is 1.29 bits per heavy atom. The quantitative estimate of drug-likeness (QED) is 0.783. The number of amides is 1. The van der Waals surface area contributed by atoms with Crippen LogP contribution in [0.5, 0.6) is 11.5 Å². The Hall–Kier alpha value is -1.91. The maximum absolute atomic E-state index is 11.3. The van der Waals surface area contributed by atoms with Crippen LogP contribution in [0.4, 0.5) is 5.69 Å². The van der Waals surface area contributed by atoms with E-state index in [1.165, 1.54) is 0 Å². The molecule has 0 aromatic heterocycles. The maximum atomic E-state index is 11.3. The molecule has 1 amide bonds. The van der Waals surface area contributed by atoms with Gasteiger partial charge in [-0.3, -0.25) is 4.79 Å². The predicted octanol–water partition coefficient (Wildman–Crippen LogP) is 1.25. The fourth-order valence-corrected chi connectivity index (χ4v) is 1.38. The second-order valence-corrected chi connectivity index (χ2v) is 3.37. The SMILES string of the molecule is CCNC(=O)CNc1ccc(OC)cc1OC. The number of nitrogens with one attached hydrogen (secondary N) is 2. The molecular weight excluding hydrogens is 220 g/mol. The minimum Gasteiger partial charge on any atom is -0.497 e. The van der Waals surface area contributed by atoms with Gasteiger partial charge in [-0.1, -0.05) is 0 Å². The number of anilines is 1. The van der Waals surface area contributed by atoms with Gasteiger partial charge in [0.05, 0.1) is 26.5 Å². The van der Waals surface area contributed by atoms with E-state index in [4.69, 9.17) is 9.47 Å². The van der Waals surface area contributed by atoms with Crippen molar-refractivity contribution in [2.45, 2.75) is 6.92 Å². The lowest BCUT2D eigenvalue weighted by Gasteiger charge is -2.12. The van der Waals surface area contributed by atoms with E-state index in [0.717, 1.165) is 5.69 Å². The highest BCUT2D eigenvalue weighted by Crippen LogP contribution is 2.28. The van der Waals surface area contributed by atoms with Crippen molar-refractivity contribution in [3.63, 3.8) is 0 Å². The van der Waals surface area contributed by atoms with Crippen molar-refractivity contribution in [3.8, 4) is 11.5 Å². The zero-order valence-corrected chi connectivity index (χ0v) is 10.4. The number of hydrogen-bond acceptors (Lipinski definition) is 4. The molecule has 0 aliphatic heterocycles. The number of hydrogen-bond donors (Lipinski definition) is 2. The van der Waals surface area contributed by atoms with Gasteiger partial charge in [-0.05, 0) is 19.1 Å². The molecule has 0 heterocycles. The zero-order valence-electron chi connectivity index (χ0n) is 10.4. The maximum Gasteiger partial charge on any atom is 0.239 e. The Bertz CT molecular complexity index is 380. The third-order valence-electron chi connectivity index (χ3n) is 2.22. The molecule has 0 fully saturated rings. The minimum atomic E-state index is -0.0506. The van der Waals surface area contributed by atoms with Crippen molar-refractivity contribution in [1.82, 2.24) is 5.32 Å². The lowest BCUT2D eigenvalue weighted by molar-refractivity contribution is -0.119. The molecule has 0 unspecified atom stereocenters. The van der Waals surface area contributed by atoms with Crippen LogP contribution in [-0.4, -0.2) is 33.2 Å². The normalized spacial score (nSPS) is 9.59. The molecule has 0 aliphatic rings. The fraction of sp³-hybridized carbons (Fsp3) is 0.417. The predicted molar refractivity (Wildman–Crippen MR) is 66.7 cm³/mol. The first-order valence-corrected chi connectivity index (χ1v) is 5.43. The smallest absolute Gasteiger partial charge is 0.239 e. The summed E-state index contributed by atoms with van der Waals surface area (Å²) < 4.78 is 10.3. The van der Waals surface area contributed by atoms with Crippen LogP contribution in [0, 0.1) is 0 Å². The van der Waals surface area contributed by atoms with Crippen molar-refractivity contribution >= 4 is 11.6 Å². The molecule has 17 heavy (non-hydrogen) atoms. The molecule has 0 aliphatic carbocycles. The summed E-state index contributed by atoms with van der Waals surface area (Å²) in [6.07, 6.45) is 0. The molecule has 5 heteroatoms. The summed E-state index contributed by atoms with van der Waals surface area (Å²) in [6.45, 7) is 2.72. The first-order chi connectivity index (χ1) is 8.21. The second kappa shape index (κ2) is 6.62. The Kier molecular flexibility index (Phi) is 5.13. The fourth-order valence-electron chi connectivity index (χ4n) is 1.38. The molecule has 5 nitrogen and oxygen atoms in total. The molecule has 0 radical (unpaired) electrons. The summed E-state index contributed by atoms with van der Waals surface area (Å²) in [5, 5.41) is 5.72. The molecular formula is C12H18N2O3. The van der Waals surface area contributed by atoms with E-state index < -0.39 is 0 Å². The van der Waals surface area contributed by atoms with E-state index in [-0.39, 0.29) is 12.5 Å². The monoisotopic (exact) mass is 238 g/mol. The standard InChI is InChI=1S/C12H18N2O3/c1-4-13-12(15)8-14-10-6-5-9(16-2)7-11(10)17-3/h5-7,14H,4,8H2,1-3H3,(H,13,15). The first kappa shape index (κ1) is 13.2. The number of carbonyl (C=O) groups is 1. The van der Waals surface area contributed by atoms with Crippen molar-refractivity contribution in [3.05, 3.63) is 18.2 Å². The van der Waals surface area contributed by atoms with Gasteiger partial charge in [-0.25, -0.2) is 0 Å². The van der Waals surface area contributed by atoms with E-state index in [1.54, 1.807) is 20.3 Å². The van der Waals surface area contributed by atoms with Crippen molar-refractivity contribution in [2.24, 2.45) is 0 Å². The van der Waals surface area contributed by atoms with Crippen LogP contribution >= 0.6 is 0 Å². The van der Waals surface area contributed by atoms with Gasteiger partial charge in [0.25, 0.3) is 0 Å².